The second-order valence-corrected chi connectivity index (χ2v) is 4.63. The van der Waals surface area contributed by atoms with Crippen LogP contribution in [0.15, 0.2) is 29.2 Å². The van der Waals surface area contributed by atoms with Crippen LogP contribution in [0.4, 0.5) is 0 Å². The van der Waals surface area contributed by atoms with Crippen LogP contribution in [0.25, 0.3) is 11.0 Å². The largest absolute Gasteiger partial charge is 0.319 e. The monoisotopic (exact) mass is 244 g/mol. The lowest BCUT2D eigenvalue weighted by Crippen LogP contribution is -2.42. The van der Waals surface area contributed by atoms with Crippen molar-refractivity contribution in [2.75, 3.05) is 26.2 Å². The number of fused-ring (bicyclic) bond motifs is 1. The number of hydrogen-bond donors (Lipinski definition) is 2. The Hall–Kier alpha value is -1.72. The molecule has 1 aliphatic heterocycles. The van der Waals surface area contributed by atoms with Crippen LogP contribution >= 0.6 is 0 Å². The maximum absolute atomic E-state index is 11.2. The average molecular weight is 244 g/mol. The molecule has 0 amide bonds. The summed E-state index contributed by atoms with van der Waals surface area (Å²) >= 11 is 0. The summed E-state index contributed by atoms with van der Waals surface area (Å²) in [6.45, 7) is 5.21. The first-order valence-corrected chi connectivity index (χ1v) is 6.22. The molecule has 1 aliphatic rings. The van der Waals surface area contributed by atoms with Gasteiger partial charge in [0.15, 0.2) is 0 Å². The van der Waals surface area contributed by atoms with Crippen LogP contribution in [-0.4, -0.2) is 41.0 Å². The van der Waals surface area contributed by atoms with Crippen molar-refractivity contribution in [3.8, 4) is 0 Å². The summed E-state index contributed by atoms with van der Waals surface area (Å²) in [6.07, 6.45) is 1.33. The Balaban J connectivity index is 1.84. The van der Waals surface area contributed by atoms with Gasteiger partial charge in [-0.3, -0.25) is 9.69 Å². The molecule has 5 heteroatoms. The molecular weight excluding hydrogens is 228 g/mol. The predicted octanol–water partition coefficient (Wildman–Crippen LogP) is 0.328. The molecule has 5 nitrogen and oxygen atoms in total. The van der Waals surface area contributed by atoms with Crippen molar-refractivity contribution >= 4 is 11.0 Å². The fraction of sp³-hybridized carbons (Fsp3) is 0.385. The molecule has 1 aromatic carbocycles. The Kier molecular flexibility index (Phi) is 3.08. The van der Waals surface area contributed by atoms with Crippen LogP contribution in [0.1, 0.15) is 5.56 Å². The van der Waals surface area contributed by atoms with Crippen LogP contribution in [0.3, 0.4) is 0 Å². The molecule has 94 valence electrons. The van der Waals surface area contributed by atoms with E-state index in [1.807, 2.05) is 12.1 Å². The number of nitrogens with one attached hydrogen (secondary N) is 2. The van der Waals surface area contributed by atoms with E-state index >= 15 is 0 Å². The van der Waals surface area contributed by atoms with E-state index in [0.29, 0.717) is 0 Å². The lowest BCUT2D eigenvalue weighted by Gasteiger charge is -2.27. The van der Waals surface area contributed by atoms with Crippen LogP contribution in [-0.2, 0) is 6.54 Å². The van der Waals surface area contributed by atoms with Gasteiger partial charge in [0.25, 0.3) is 5.56 Å². The molecule has 0 saturated carbocycles. The molecule has 0 aliphatic carbocycles. The van der Waals surface area contributed by atoms with Crippen LogP contribution in [0, 0.1) is 0 Å². The predicted molar refractivity (Wildman–Crippen MR) is 70.5 cm³/mol. The summed E-state index contributed by atoms with van der Waals surface area (Å²) in [5, 5.41) is 3.34. The number of piperazine rings is 1. The highest BCUT2D eigenvalue weighted by atomic mass is 16.1. The molecule has 0 radical (unpaired) electrons. The van der Waals surface area contributed by atoms with Gasteiger partial charge in [-0.25, -0.2) is 4.98 Å². The minimum Gasteiger partial charge on any atom is -0.319 e. The fourth-order valence-electron chi connectivity index (χ4n) is 2.31. The summed E-state index contributed by atoms with van der Waals surface area (Å²) in [5.41, 5.74) is 2.73. The maximum Gasteiger partial charge on any atom is 0.266 e. The smallest absolute Gasteiger partial charge is 0.266 e. The molecule has 0 spiro atoms. The normalized spacial score (nSPS) is 17.1. The summed E-state index contributed by atoms with van der Waals surface area (Å²) < 4.78 is 0. The second kappa shape index (κ2) is 4.88. The van der Waals surface area contributed by atoms with Crippen molar-refractivity contribution < 1.29 is 0 Å². The molecule has 0 unspecified atom stereocenters. The van der Waals surface area contributed by atoms with Gasteiger partial charge in [-0.15, -0.1) is 0 Å². The zero-order chi connectivity index (χ0) is 12.4. The Morgan fingerprint density at radius 2 is 2.11 bits per heavy atom. The van der Waals surface area contributed by atoms with Gasteiger partial charge in [-0.05, 0) is 17.7 Å². The number of rotatable bonds is 2. The van der Waals surface area contributed by atoms with E-state index < -0.39 is 0 Å². The highest BCUT2D eigenvalue weighted by molar-refractivity contribution is 5.74. The topological polar surface area (TPSA) is 61.0 Å². The second-order valence-electron chi connectivity index (χ2n) is 4.63. The SMILES string of the molecule is O=c1cnc2cc(CN3CCNCC3)ccc2[nH]1. The first kappa shape index (κ1) is 11.4. The molecule has 0 bridgehead atoms. The van der Waals surface area contributed by atoms with Crippen LogP contribution < -0.4 is 10.9 Å². The third-order valence-electron chi connectivity index (χ3n) is 3.26. The third-order valence-corrected chi connectivity index (χ3v) is 3.26. The van der Waals surface area contributed by atoms with Gasteiger partial charge >= 0.3 is 0 Å². The van der Waals surface area contributed by atoms with Crippen molar-refractivity contribution in [3.05, 3.63) is 40.3 Å². The molecule has 18 heavy (non-hydrogen) atoms. The van der Waals surface area contributed by atoms with Gasteiger partial charge in [0.05, 0.1) is 17.2 Å². The minimum absolute atomic E-state index is 0.155. The minimum atomic E-state index is -0.155. The highest BCUT2D eigenvalue weighted by Gasteiger charge is 2.10. The van der Waals surface area contributed by atoms with Crippen molar-refractivity contribution in [1.82, 2.24) is 20.2 Å². The van der Waals surface area contributed by atoms with Crippen LogP contribution in [0.2, 0.25) is 0 Å². The van der Waals surface area contributed by atoms with E-state index in [2.05, 4.69) is 26.3 Å². The van der Waals surface area contributed by atoms with Gasteiger partial charge in [-0.1, -0.05) is 6.07 Å². The van der Waals surface area contributed by atoms with E-state index in [4.69, 9.17) is 0 Å². The first-order valence-electron chi connectivity index (χ1n) is 6.22. The number of benzene rings is 1. The molecule has 1 aromatic heterocycles. The quantitative estimate of drug-likeness (QED) is 0.799. The average Bonchev–Trinajstić information content (AvgIpc) is 2.40. The fourth-order valence-corrected chi connectivity index (χ4v) is 2.31. The molecule has 0 atom stereocenters. The first-order chi connectivity index (χ1) is 8.81. The van der Waals surface area contributed by atoms with E-state index in [-0.39, 0.29) is 5.56 Å². The Labute approximate surface area is 105 Å². The van der Waals surface area contributed by atoms with E-state index in [1.165, 1.54) is 11.8 Å². The summed E-state index contributed by atoms with van der Waals surface area (Å²) in [4.78, 5) is 20.5. The van der Waals surface area contributed by atoms with Gasteiger partial charge in [-0.2, -0.15) is 0 Å². The van der Waals surface area contributed by atoms with Crippen molar-refractivity contribution in [3.63, 3.8) is 0 Å². The van der Waals surface area contributed by atoms with Gasteiger partial charge in [0, 0.05) is 32.7 Å². The van der Waals surface area contributed by atoms with Crippen molar-refractivity contribution in [2.45, 2.75) is 6.54 Å². The Morgan fingerprint density at radius 3 is 2.94 bits per heavy atom. The van der Waals surface area contributed by atoms with E-state index in [0.717, 1.165) is 43.8 Å². The van der Waals surface area contributed by atoms with E-state index in [9.17, 15) is 4.79 Å². The lowest BCUT2D eigenvalue weighted by molar-refractivity contribution is 0.233. The molecule has 2 aromatic rings. The zero-order valence-electron chi connectivity index (χ0n) is 10.1. The van der Waals surface area contributed by atoms with Crippen LogP contribution in [0.5, 0.6) is 0 Å². The maximum atomic E-state index is 11.2. The Morgan fingerprint density at radius 1 is 1.28 bits per heavy atom. The number of aromatic nitrogens is 2. The Bertz CT molecular complexity index is 601. The molecular formula is C13H16N4O. The number of H-pyrrole nitrogens is 1. The summed E-state index contributed by atoms with van der Waals surface area (Å²) in [6, 6.07) is 6.04. The molecule has 3 rings (SSSR count). The molecule has 2 heterocycles. The van der Waals surface area contributed by atoms with Gasteiger partial charge in [0.1, 0.15) is 0 Å². The lowest BCUT2D eigenvalue weighted by atomic mass is 10.1. The standard InChI is InChI=1S/C13H16N4O/c18-13-8-15-12-7-10(1-2-11(12)16-13)9-17-5-3-14-4-6-17/h1-2,7-8,14H,3-6,9H2,(H,16,18). The van der Waals surface area contributed by atoms with Crippen molar-refractivity contribution in [2.24, 2.45) is 0 Å². The summed E-state index contributed by atoms with van der Waals surface area (Å²) in [5.74, 6) is 0. The van der Waals surface area contributed by atoms with Gasteiger partial charge < -0.3 is 10.3 Å². The number of aromatic amines is 1. The highest BCUT2D eigenvalue weighted by Crippen LogP contribution is 2.12. The molecule has 1 saturated heterocycles. The zero-order valence-corrected chi connectivity index (χ0v) is 10.1. The van der Waals surface area contributed by atoms with E-state index in [1.54, 1.807) is 0 Å². The number of nitrogens with zero attached hydrogens (tertiary/aromatic N) is 2. The van der Waals surface area contributed by atoms with Gasteiger partial charge in [0.2, 0.25) is 0 Å². The third kappa shape index (κ3) is 2.42. The number of hydrogen-bond acceptors (Lipinski definition) is 4. The molecule has 1 fully saturated rings. The summed E-state index contributed by atoms with van der Waals surface area (Å²) in [7, 11) is 0. The van der Waals surface area contributed by atoms with Crippen molar-refractivity contribution in [1.29, 1.82) is 0 Å². The molecule has 2 N–H and O–H groups in total.